The molecule has 0 saturated heterocycles. The van der Waals surface area contributed by atoms with Crippen LogP contribution in [0.15, 0.2) is 0 Å². The molecule has 3 unspecified atom stereocenters. The van der Waals surface area contributed by atoms with Crippen molar-refractivity contribution in [2.75, 3.05) is 18.9 Å². The normalized spacial score (nSPS) is 18.3. The van der Waals surface area contributed by atoms with Gasteiger partial charge in [0.15, 0.2) is 5.78 Å². The van der Waals surface area contributed by atoms with E-state index in [4.69, 9.17) is 16.2 Å². The molecule has 0 aliphatic heterocycles. The molecule has 7 N–H and O–H groups in total. The summed E-state index contributed by atoms with van der Waals surface area (Å²) in [7, 11) is 0. The van der Waals surface area contributed by atoms with Gasteiger partial charge in [0.05, 0.1) is 6.61 Å². The summed E-state index contributed by atoms with van der Waals surface area (Å²) in [5, 5.41) is 22.8. The average molecular weight is 408 g/mol. The summed E-state index contributed by atoms with van der Waals surface area (Å²) in [4.78, 5) is 23.6. The van der Waals surface area contributed by atoms with E-state index in [0.29, 0.717) is 18.7 Å². The Morgan fingerprint density at radius 2 is 1.96 bits per heavy atom. The van der Waals surface area contributed by atoms with Gasteiger partial charge in [-0.25, -0.2) is 4.79 Å². The van der Waals surface area contributed by atoms with Gasteiger partial charge in [-0.05, 0) is 12.3 Å². The first-order valence-electron chi connectivity index (χ1n) is 9.58. The first kappa shape index (κ1) is 26.3. The van der Waals surface area contributed by atoms with Crippen LogP contribution in [0.25, 0.3) is 0 Å². The number of carbonyl (C=O) groups is 2. The van der Waals surface area contributed by atoms with Crippen molar-refractivity contribution in [2.45, 2.75) is 76.8 Å². The van der Waals surface area contributed by atoms with Crippen molar-refractivity contribution in [3.8, 4) is 0 Å². The Morgan fingerprint density at radius 3 is 2.44 bits per heavy atom. The predicted molar refractivity (Wildman–Crippen MR) is 109 cm³/mol. The van der Waals surface area contributed by atoms with Crippen LogP contribution in [0, 0.1) is 5.92 Å². The van der Waals surface area contributed by atoms with Crippen molar-refractivity contribution in [1.82, 2.24) is 5.32 Å². The summed E-state index contributed by atoms with van der Waals surface area (Å²) in [6, 6.07) is -0.309. The van der Waals surface area contributed by atoms with Crippen LogP contribution in [0.4, 0.5) is 0 Å². The van der Waals surface area contributed by atoms with Crippen LogP contribution in [-0.4, -0.2) is 64.8 Å². The lowest BCUT2D eigenvalue weighted by molar-refractivity contribution is -0.172. The molecule has 0 aromatic heterocycles. The quantitative estimate of drug-likeness (QED) is 0.160. The fourth-order valence-corrected chi connectivity index (χ4v) is 2.57. The van der Waals surface area contributed by atoms with E-state index in [2.05, 4.69) is 17.9 Å². The van der Waals surface area contributed by atoms with E-state index < -0.39 is 30.0 Å². The highest BCUT2D eigenvalue weighted by molar-refractivity contribution is 7.80. The molecular weight excluding hydrogens is 370 g/mol. The van der Waals surface area contributed by atoms with E-state index in [1.165, 1.54) is 0 Å². The van der Waals surface area contributed by atoms with Gasteiger partial charge in [-0.2, -0.15) is 12.6 Å². The minimum atomic E-state index is -2.14. The smallest absolute Gasteiger partial charge is 0.351 e. The number of nitrogens with two attached hydrogens (primary N) is 2. The highest BCUT2D eigenvalue weighted by Crippen LogP contribution is 2.18. The van der Waals surface area contributed by atoms with Gasteiger partial charge < -0.3 is 26.0 Å². The molecule has 27 heavy (non-hydrogen) atoms. The third-order valence-electron chi connectivity index (χ3n) is 4.74. The number of nitrogens with one attached hydrogen (secondary N) is 1. The molecular formula is C18H37N3O5S. The van der Waals surface area contributed by atoms with Gasteiger partial charge in [0.1, 0.15) is 6.10 Å². The Labute approximate surface area is 167 Å². The number of aliphatic hydroxyl groups excluding tert-OH is 1. The van der Waals surface area contributed by atoms with Crippen LogP contribution >= 0.6 is 12.6 Å². The summed E-state index contributed by atoms with van der Waals surface area (Å²) in [5.74, 6) is -1.14. The summed E-state index contributed by atoms with van der Waals surface area (Å²) < 4.78 is 5.51. The minimum absolute atomic E-state index is 0.0208. The number of hydrogen-bond acceptors (Lipinski definition) is 8. The second kappa shape index (κ2) is 13.5. The molecule has 0 radical (unpaired) electrons. The summed E-state index contributed by atoms with van der Waals surface area (Å²) in [5.41, 5.74) is 9.61. The molecule has 0 aliphatic carbocycles. The maximum Gasteiger partial charge on any atom is 0.351 e. The van der Waals surface area contributed by atoms with E-state index in [1.54, 1.807) is 0 Å². The minimum Gasteiger partial charge on any atom is -0.478 e. The molecule has 0 aromatic rings. The molecule has 160 valence electrons. The first-order valence-corrected chi connectivity index (χ1v) is 10.2. The number of ketones is 1. The van der Waals surface area contributed by atoms with Gasteiger partial charge in [0.25, 0.3) is 0 Å². The lowest BCUT2D eigenvalue weighted by atomic mass is 9.98. The number of hydrogen-bond donors (Lipinski definition) is 6. The number of ether oxygens (including phenoxy) is 1. The fourth-order valence-electron chi connectivity index (χ4n) is 2.44. The number of unbranched alkanes of at least 4 members (excludes halogenated alkanes) is 1. The molecule has 9 heteroatoms. The molecule has 5 atom stereocenters. The zero-order valence-corrected chi connectivity index (χ0v) is 17.6. The molecule has 0 amide bonds. The second-order valence-electron chi connectivity index (χ2n) is 7.14. The second-order valence-corrected chi connectivity index (χ2v) is 7.50. The molecule has 0 fully saturated rings. The van der Waals surface area contributed by atoms with Gasteiger partial charge in [-0.1, -0.05) is 33.6 Å². The Kier molecular flexibility index (Phi) is 13.1. The fraction of sp³-hybridized carbons (Fsp3) is 0.889. The van der Waals surface area contributed by atoms with Crippen LogP contribution in [0.3, 0.4) is 0 Å². The number of aliphatic hydroxyl groups is 1. The molecule has 0 aromatic carbocycles. The summed E-state index contributed by atoms with van der Waals surface area (Å²) >= 11 is 4.14. The van der Waals surface area contributed by atoms with Crippen LogP contribution in [0.2, 0.25) is 0 Å². The van der Waals surface area contributed by atoms with Crippen molar-refractivity contribution < 1.29 is 24.5 Å². The number of carboxylic acids is 1. The topological polar surface area (TPSA) is 148 Å². The number of thiol groups is 1. The standard InChI is InChI=1S/C18H37N3O5S/c1-4-6-7-15(22)16(23)8-18(20,17(24)25)26-10-14(12(3)5-2)21-9-13(19)11-27/h12-14,16,21,23,27H,4-11,19-20H2,1-3H3,(H,24,25)/t12-,13?,14?,16?,18+/m0/s1. The summed E-state index contributed by atoms with van der Waals surface area (Å²) in [6.45, 7) is 6.47. The van der Waals surface area contributed by atoms with Crippen molar-refractivity contribution in [3.05, 3.63) is 0 Å². The van der Waals surface area contributed by atoms with E-state index in [-0.39, 0.29) is 31.0 Å². The van der Waals surface area contributed by atoms with Crippen molar-refractivity contribution in [2.24, 2.45) is 17.4 Å². The molecule has 0 bridgehead atoms. The Bertz CT molecular complexity index is 455. The van der Waals surface area contributed by atoms with Gasteiger partial charge in [0, 0.05) is 37.2 Å². The Balaban J connectivity index is 4.96. The molecule has 0 spiro atoms. The SMILES string of the molecule is CCCCC(=O)C(O)C[C@@](N)(OCC(NCC(N)CS)[C@@H](C)CC)C(=O)O. The number of Topliss-reactive ketones (excluding diaryl/α,β-unsaturated/α-hetero) is 1. The number of aliphatic carboxylic acids is 1. The molecule has 0 rings (SSSR count). The van der Waals surface area contributed by atoms with Crippen LogP contribution in [0.5, 0.6) is 0 Å². The van der Waals surface area contributed by atoms with Crippen LogP contribution in [0.1, 0.15) is 52.9 Å². The monoisotopic (exact) mass is 407 g/mol. The molecule has 8 nitrogen and oxygen atoms in total. The van der Waals surface area contributed by atoms with Crippen molar-refractivity contribution in [1.29, 1.82) is 0 Å². The lowest BCUT2D eigenvalue weighted by Crippen LogP contribution is -2.56. The number of carbonyl (C=O) groups excluding carboxylic acids is 1. The number of rotatable bonds is 16. The first-order chi connectivity index (χ1) is 12.6. The zero-order valence-electron chi connectivity index (χ0n) is 16.7. The Hall–Kier alpha value is -0.710. The average Bonchev–Trinajstić information content (AvgIpc) is 2.64. The maximum atomic E-state index is 11.9. The van der Waals surface area contributed by atoms with Crippen LogP contribution in [-0.2, 0) is 14.3 Å². The molecule has 0 aliphatic rings. The number of carboxylic acid groups (broad SMARTS) is 1. The summed E-state index contributed by atoms with van der Waals surface area (Å²) in [6.07, 6.45) is 0.510. The van der Waals surface area contributed by atoms with Gasteiger partial charge in [-0.15, -0.1) is 0 Å². The lowest BCUT2D eigenvalue weighted by Gasteiger charge is -2.32. The van der Waals surface area contributed by atoms with Crippen molar-refractivity contribution >= 4 is 24.4 Å². The van der Waals surface area contributed by atoms with E-state index >= 15 is 0 Å². The maximum absolute atomic E-state index is 11.9. The Morgan fingerprint density at radius 1 is 1.33 bits per heavy atom. The molecule has 0 heterocycles. The van der Waals surface area contributed by atoms with Gasteiger partial charge in [-0.3, -0.25) is 10.5 Å². The van der Waals surface area contributed by atoms with Crippen LogP contribution < -0.4 is 16.8 Å². The highest BCUT2D eigenvalue weighted by atomic mass is 32.1. The third kappa shape index (κ3) is 9.87. The largest absolute Gasteiger partial charge is 0.478 e. The van der Waals surface area contributed by atoms with Gasteiger partial charge >= 0.3 is 5.97 Å². The van der Waals surface area contributed by atoms with Gasteiger partial charge in [0.2, 0.25) is 5.72 Å². The highest BCUT2D eigenvalue weighted by Gasteiger charge is 2.40. The zero-order chi connectivity index (χ0) is 21.0. The third-order valence-corrected chi connectivity index (χ3v) is 5.20. The predicted octanol–water partition coefficient (Wildman–Crippen LogP) is 0.514. The van der Waals surface area contributed by atoms with E-state index in [9.17, 15) is 19.8 Å². The van der Waals surface area contributed by atoms with Crippen molar-refractivity contribution in [3.63, 3.8) is 0 Å². The molecule has 0 saturated carbocycles. The van der Waals surface area contributed by atoms with E-state index in [0.717, 1.165) is 12.8 Å². The van der Waals surface area contributed by atoms with E-state index in [1.807, 2.05) is 20.8 Å².